The Morgan fingerprint density at radius 2 is 1.92 bits per heavy atom. The van der Waals surface area contributed by atoms with E-state index in [1.807, 2.05) is 49.4 Å². The Bertz CT molecular complexity index is 823. The quantitative estimate of drug-likeness (QED) is 0.725. The van der Waals surface area contributed by atoms with Gasteiger partial charge >= 0.3 is 0 Å². The highest BCUT2D eigenvalue weighted by atomic mass is 16.1. The molecule has 126 valence electrons. The molecular formula is C19H19N5O. The zero-order chi connectivity index (χ0) is 17.5. The van der Waals surface area contributed by atoms with E-state index in [1.54, 1.807) is 24.7 Å². The van der Waals surface area contributed by atoms with Gasteiger partial charge in [-0.15, -0.1) is 0 Å². The predicted octanol–water partition coefficient (Wildman–Crippen LogP) is 2.97. The van der Waals surface area contributed by atoms with E-state index < -0.39 is 0 Å². The van der Waals surface area contributed by atoms with Gasteiger partial charge in [-0.3, -0.25) is 9.78 Å². The first-order chi connectivity index (χ1) is 12.2. The molecule has 25 heavy (non-hydrogen) atoms. The van der Waals surface area contributed by atoms with Crippen LogP contribution in [0, 0.1) is 0 Å². The fourth-order valence-electron chi connectivity index (χ4n) is 2.35. The molecule has 0 fully saturated rings. The van der Waals surface area contributed by atoms with Crippen LogP contribution in [0.15, 0.2) is 67.1 Å². The van der Waals surface area contributed by atoms with Crippen molar-refractivity contribution in [2.45, 2.75) is 19.5 Å². The molecule has 2 heterocycles. The van der Waals surface area contributed by atoms with Crippen LogP contribution in [0.4, 0.5) is 5.95 Å². The number of rotatable bonds is 6. The fourth-order valence-corrected chi connectivity index (χ4v) is 2.35. The molecular weight excluding hydrogens is 314 g/mol. The second-order valence-electron chi connectivity index (χ2n) is 5.59. The molecule has 2 aromatic heterocycles. The van der Waals surface area contributed by atoms with Crippen molar-refractivity contribution in [3.63, 3.8) is 0 Å². The number of carbonyl (C=O) groups is 1. The number of nitrogens with one attached hydrogen (secondary N) is 2. The molecule has 0 aliphatic rings. The molecule has 0 aliphatic carbocycles. The number of aromatic nitrogens is 3. The van der Waals surface area contributed by atoms with Crippen LogP contribution < -0.4 is 10.6 Å². The van der Waals surface area contributed by atoms with Gasteiger partial charge in [0.2, 0.25) is 5.95 Å². The van der Waals surface area contributed by atoms with E-state index in [-0.39, 0.29) is 11.9 Å². The summed E-state index contributed by atoms with van der Waals surface area (Å²) >= 11 is 0. The van der Waals surface area contributed by atoms with Crippen LogP contribution in [0.3, 0.4) is 0 Å². The minimum atomic E-state index is -0.248. The minimum Gasteiger partial charge on any atom is -0.348 e. The van der Waals surface area contributed by atoms with Crippen molar-refractivity contribution < 1.29 is 4.79 Å². The topological polar surface area (TPSA) is 79.8 Å². The molecule has 3 aromatic rings. The van der Waals surface area contributed by atoms with Gasteiger partial charge in [0.25, 0.3) is 5.91 Å². The third kappa shape index (κ3) is 4.60. The molecule has 3 rings (SSSR count). The molecule has 0 spiro atoms. The van der Waals surface area contributed by atoms with Crippen LogP contribution in [-0.4, -0.2) is 20.9 Å². The van der Waals surface area contributed by atoms with Gasteiger partial charge in [-0.2, -0.15) is 0 Å². The lowest BCUT2D eigenvalue weighted by atomic mass is 10.1. The summed E-state index contributed by atoms with van der Waals surface area (Å²) in [6.45, 7) is 2.42. The maximum Gasteiger partial charge on any atom is 0.270 e. The highest BCUT2D eigenvalue weighted by molar-refractivity contribution is 5.92. The van der Waals surface area contributed by atoms with E-state index in [9.17, 15) is 4.79 Å². The zero-order valence-corrected chi connectivity index (χ0v) is 13.9. The van der Waals surface area contributed by atoms with Gasteiger partial charge in [-0.1, -0.05) is 36.4 Å². The molecule has 1 amide bonds. The van der Waals surface area contributed by atoms with E-state index in [0.29, 0.717) is 18.2 Å². The van der Waals surface area contributed by atoms with Gasteiger partial charge in [0.15, 0.2) is 0 Å². The van der Waals surface area contributed by atoms with Gasteiger partial charge in [0.05, 0.1) is 6.04 Å². The minimum absolute atomic E-state index is 0.0369. The van der Waals surface area contributed by atoms with Crippen LogP contribution >= 0.6 is 0 Å². The summed E-state index contributed by atoms with van der Waals surface area (Å²) < 4.78 is 0. The Morgan fingerprint density at radius 3 is 2.68 bits per heavy atom. The van der Waals surface area contributed by atoms with Crippen molar-refractivity contribution >= 4 is 11.9 Å². The summed E-state index contributed by atoms with van der Waals surface area (Å²) in [4.78, 5) is 24.8. The first-order valence-electron chi connectivity index (χ1n) is 8.04. The Labute approximate surface area is 146 Å². The first kappa shape index (κ1) is 16.6. The molecule has 0 saturated heterocycles. The molecule has 0 saturated carbocycles. The molecule has 1 atom stereocenters. The second kappa shape index (κ2) is 8.01. The van der Waals surface area contributed by atoms with Gasteiger partial charge in [-0.05, 0) is 30.2 Å². The smallest absolute Gasteiger partial charge is 0.270 e. The first-order valence-corrected chi connectivity index (χ1v) is 8.04. The number of nitrogens with zero attached hydrogens (tertiary/aromatic N) is 3. The number of pyridine rings is 1. The average molecular weight is 333 g/mol. The molecule has 1 unspecified atom stereocenters. The number of benzene rings is 1. The van der Waals surface area contributed by atoms with E-state index >= 15 is 0 Å². The Hall–Kier alpha value is -3.28. The summed E-state index contributed by atoms with van der Waals surface area (Å²) in [6, 6.07) is 15.4. The summed E-state index contributed by atoms with van der Waals surface area (Å²) in [5.41, 5.74) is 2.38. The molecule has 0 aliphatic heterocycles. The predicted molar refractivity (Wildman–Crippen MR) is 95.9 cm³/mol. The molecule has 0 bridgehead atoms. The normalized spacial score (nSPS) is 11.6. The van der Waals surface area contributed by atoms with Crippen molar-refractivity contribution in [3.05, 3.63) is 83.9 Å². The van der Waals surface area contributed by atoms with Crippen molar-refractivity contribution in [1.29, 1.82) is 0 Å². The van der Waals surface area contributed by atoms with Crippen LogP contribution in [0.25, 0.3) is 0 Å². The lowest BCUT2D eigenvalue weighted by Gasteiger charge is -2.14. The average Bonchev–Trinajstić information content (AvgIpc) is 2.68. The summed E-state index contributed by atoms with van der Waals surface area (Å²) in [5, 5.41) is 6.05. The number of hydrogen-bond acceptors (Lipinski definition) is 5. The molecule has 6 heteroatoms. The number of carbonyl (C=O) groups excluding carboxylic acids is 1. The van der Waals surface area contributed by atoms with Gasteiger partial charge < -0.3 is 10.6 Å². The van der Waals surface area contributed by atoms with Crippen molar-refractivity contribution in [3.8, 4) is 0 Å². The van der Waals surface area contributed by atoms with Crippen LogP contribution in [0.1, 0.15) is 34.6 Å². The Morgan fingerprint density at radius 1 is 1.08 bits per heavy atom. The summed E-state index contributed by atoms with van der Waals surface area (Å²) in [5.74, 6) is 0.173. The number of hydrogen-bond donors (Lipinski definition) is 2. The zero-order valence-electron chi connectivity index (χ0n) is 13.9. The van der Waals surface area contributed by atoms with Crippen LogP contribution in [0.5, 0.6) is 0 Å². The van der Waals surface area contributed by atoms with Crippen molar-refractivity contribution in [2.24, 2.45) is 0 Å². The second-order valence-corrected chi connectivity index (χ2v) is 5.59. The van der Waals surface area contributed by atoms with Gasteiger partial charge in [0, 0.05) is 25.1 Å². The number of amides is 1. The van der Waals surface area contributed by atoms with Crippen LogP contribution in [0.2, 0.25) is 0 Å². The lowest BCUT2D eigenvalue weighted by Crippen LogP contribution is -2.24. The fraction of sp³-hybridized carbons (Fsp3) is 0.158. The van der Waals surface area contributed by atoms with Crippen molar-refractivity contribution in [2.75, 3.05) is 5.32 Å². The van der Waals surface area contributed by atoms with E-state index in [4.69, 9.17) is 0 Å². The maximum absolute atomic E-state index is 12.3. The molecule has 2 N–H and O–H groups in total. The van der Waals surface area contributed by atoms with Gasteiger partial charge in [0.1, 0.15) is 5.69 Å². The van der Waals surface area contributed by atoms with E-state index in [0.717, 1.165) is 11.1 Å². The Kier molecular flexibility index (Phi) is 5.31. The van der Waals surface area contributed by atoms with E-state index in [2.05, 4.69) is 25.6 Å². The molecule has 0 radical (unpaired) electrons. The summed E-state index contributed by atoms with van der Waals surface area (Å²) in [6.07, 6.45) is 4.99. The standard InChI is InChI=1S/C19H19N5O/c1-14(16-7-3-2-4-8-16)23-19-21-11-9-17(24-19)18(25)22-13-15-6-5-10-20-12-15/h2-12,14H,13H2,1H3,(H,22,25)(H,21,23,24). The van der Waals surface area contributed by atoms with Crippen molar-refractivity contribution in [1.82, 2.24) is 20.3 Å². The maximum atomic E-state index is 12.3. The Balaban J connectivity index is 1.63. The van der Waals surface area contributed by atoms with E-state index in [1.165, 1.54) is 0 Å². The highest BCUT2D eigenvalue weighted by Crippen LogP contribution is 2.16. The monoisotopic (exact) mass is 333 g/mol. The third-order valence-corrected chi connectivity index (χ3v) is 3.71. The van der Waals surface area contributed by atoms with Crippen LogP contribution in [-0.2, 0) is 6.54 Å². The van der Waals surface area contributed by atoms with Gasteiger partial charge in [-0.25, -0.2) is 9.97 Å². The summed E-state index contributed by atoms with van der Waals surface area (Å²) in [7, 11) is 0. The SMILES string of the molecule is CC(Nc1nccc(C(=O)NCc2cccnc2)n1)c1ccccc1. The molecule has 6 nitrogen and oxygen atoms in total. The lowest BCUT2D eigenvalue weighted by molar-refractivity contribution is 0.0946. The molecule has 1 aromatic carbocycles. The highest BCUT2D eigenvalue weighted by Gasteiger charge is 2.11. The largest absolute Gasteiger partial charge is 0.348 e. The number of anilines is 1. The third-order valence-electron chi connectivity index (χ3n) is 3.71.